The molecule has 1 unspecified atom stereocenters. The van der Waals surface area contributed by atoms with Crippen LogP contribution in [0.15, 0.2) is 24.3 Å². The Morgan fingerprint density at radius 1 is 1.36 bits per heavy atom. The maximum atomic E-state index is 12.5. The fraction of sp³-hybridized carbons (Fsp3) is 0.533. The van der Waals surface area contributed by atoms with E-state index in [9.17, 15) is 18.0 Å². The topological polar surface area (TPSA) is 64.4 Å². The van der Waals surface area contributed by atoms with Crippen LogP contribution in [0.4, 0.5) is 13.2 Å². The third kappa shape index (κ3) is 3.98. The van der Waals surface area contributed by atoms with Gasteiger partial charge in [-0.25, -0.2) is 0 Å². The van der Waals surface area contributed by atoms with E-state index in [0.717, 1.165) is 18.6 Å². The van der Waals surface area contributed by atoms with Gasteiger partial charge in [-0.1, -0.05) is 12.1 Å². The van der Waals surface area contributed by atoms with E-state index in [0.29, 0.717) is 18.5 Å². The molecule has 1 heterocycles. The molecule has 1 aromatic rings. The highest BCUT2D eigenvalue weighted by molar-refractivity contribution is 5.81. The summed E-state index contributed by atoms with van der Waals surface area (Å²) in [6.07, 6.45) is -3.65. The number of benzene rings is 1. The summed E-state index contributed by atoms with van der Waals surface area (Å²) >= 11 is 0. The molecule has 2 rings (SSSR count). The van der Waals surface area contributed by atoms with E-state index in [4.69, 9.17) is 10.5 Å². The molecule has 1 saturated heterocycles. The molecule has 1 fully saturated rings. The van der Waals surface area contributed by atoms with E-state index < -0.39 is 23.9 Å². The van der Waals surface area contributed by atoms with Crippen molar-refractivity contribution in [2.45, 2.75) is 44.2 Å². The summed E-state index contributed by atoms with van der Waals surface area (Å²) in [7, 11) is 0. The van der Waals surface area contributed by atoms with Gasteiger partial charge in [0.15, 0.2) is 0 Å². The molecule has 1 aliphatic heterocycles. The van der Waals surface area contributed by atoms with Crippen LogP contribution in [0.2, 0.25) is 0 Å². The van der Waals surface area contributed by atoms with Crippen LogP contribution in [-0.4, -0.2) is 24.7 Å². The van der Waals surface area contributed by atoms with E-state index in [1.54, 1.807) is 6.92 Å². The Balaban J connectivity index is 1.94. The molecule has 7 heteroatoms. The van der Waals surface area contributed by atoms with Gasteiger partial charge in [-0.05, 0) is 37.5 Å². The van der Waals surface area contributed by atoms with Crippen molar-refractivity contribution in [3.63, 3.8) is 0 Å². The van der Waals surface area contributed by atoms with Crippen molar-refractivity contribution in [2.24, 2.45) is 5.73 Å². The Hall–Kier alpha value is -1.60. The van der Waals surface area contributed by atoms with Crippen molar-refractivity contribution in [3.05, 3.63) is 35.4 Å². The average Bonchev–Trinajstić information content (AvgIpc) is 2.95. The summed E-state index contributed by atoms with van der Waals surface area (Å²) < 4.78 is 43.0. The molecule has 0 aliphatic carbocycles. The van der Waals surface area contributed by atoms with Crippen molar-refractivity contribution in [1.29, 1.82) is 0 Å². The van der Waals surface area contributed by atoms with Crippen molar-refractivity contribution in [2.75, 3.05) is 6.54 Å². The summed E-state index contributed by atoms with van der Waals surface area (Å²) in [5, 5.41) is 2.75. The molecule has 122 valence electrons. The van der Waals surface area contributed by atoms with Crippen LogP contribution in [-0.2, 0) is 15.7 Å². The van der Waals surface area contributed by atoms with E-state index in [1.807, 2.05) is 0 Å². The summed E-state index contributed by atoms with van der Waals surface area (Å²) in [5.41, 5.74) is 5.39. The van der Waals surface area contributed by atoms with Crippen molar-refractivity contribution >= 4 is 5.91 Å². The lowest BCUT2D eigenvalue weighted by atomic mass is 10.1. The predicted octanol–water partition coefficient (Wildman–Crippen LogP) is 2.39. The molecule has 3 atom stereocenters. The first-order valence-electron chi connectivity index (χ1n) is 7.14. The number of carbonyl (C=O) groups is 1. The first-order chi connectivity index (χ1) is 10.3. The van der Waals surface area contributed by atoms with Crippen molar-refractivity contribution < 1.29 is 22.7 Å². The first kappa shape index (κ1) is 16.8. The molecule has 22 heavy (non-hydrogen) atoms. The van der Waals surface area contributed by atoms with Gasteiger partial charge in [-0.3, -0.25) is 4.79 Å². The number of hydrogen-bond acceptors (Lipinski definition) is 3. The first-order valence-corrected chi connectivity index (χ1v) is 7.14. The minimum atomic E-state index is -4.36. The SMILES string of the molecule is CC(NC(=O)[C@@H]1CC[C@H](CN)O1)c1ccc(C(F)(F)F)cc1. The molecule has 0 spiro atoms. The lowest BCUT2D eigenvalue weighted by molar-refractivity contribution is -0.137. The fourth-order valence-corrected chi connectivity index (χ4v) is 2.42. The molecule has 4 nitrogen and oxygen atoms in total. The summed E-state index contributed by atoms with van der Waals surface area (Å²) in [5.74, 6) is -0.261. The van der Waals surface area contributed by atoms with Crippen LogP contribution < -0.4 is 11.1 Å². The maximum absolute atomic E-state index is 12.5. The quantitative estimate of drug-likeness (QED) is 0.896. The van der Waals surface area contributed by atoms with Gasteiger partial charge in [0.1, 0.15) is 6.10 Å². The summed E-state index contributed by atoms with van der Waals surface area (Å²) in [6.45, 7) is 2.09. The van der Waals surface area contributed by atoms with Crippen molar-refractivity contribution in [3.8, 4) is 0 Å². The van der Waals surface area contributed by atoms with Gasteiger partial charge < -0.3 is 15.8 Å². The second-order valence-electron chi connectivity index (χ2n) is 5.41. The predicted molar refractivity (Wildman–Crippen MR) is 75.0 cm³/mol. The second-order valence-corrected chi connectivity index (χ2v) is 5.41. The fourth-order valence-electron chi connectivity index (χ4n) is 2.42. The number of rotatable bonds is 4. The Kier molecular flexibility index (Phi) is 5.08. The lowest BCUT2D eigenvalue weighted by Crippen LogP contribution is -2.37. The van der Waals surface area contributed by atoms with E-state index in [1.165, 1.54) is 12.1 Å². The molecule has 0 bridgehead atoms. The summed E-state index contributed by atoms with van der Waals surface area (Å²) in [4.78, 5) is 12.1. The van der Waals surface area contributed by atoms with Crippen LogP contribution in [0.5, 0.6) is 0 Å². The van der Waals surface area contributed by atoms with Gasteiger partial charge in [0, 0.05) is 6.54 Å². The third-order valence-electron chi connectivity index (χ3n) is 3.76. The van der Waals surface area contributed by atoms with E-state index in [2.05, 4.69) is 5.32 Å². The number of alkyl halides is 3. The van der Waals surface area contributed by atoms with Gasteiger partial charge in [0.2, 0.25) is 5.91 Å². The molecule has 1 aliphatic rings. The molecule has 0 aromatic heterocycles. The zero-order chi connectivity index (χ0) is 16.3. The number of halogens is 3. The highest BCUT2D eigenvalue weighted by atomic mass is 19.4. The number of hydrogen-bond donors (Lipinski definition) is 2. The molecular formula is C15H19F3N2O2. The Morgan fingerprint density at radius 3 is 2.50 bits per heavy atom. The van der Waals surface area contributed by atoms with Gasteiger partial charge >= 0.3 is 6.18 Å². The smallest absolute Gasteiger partial charge is 0.364 e. The highest BCUT2D eigenvalue weighted by Gasteiger charge is 2.31. The Bertz CT molecular complexity index is 517. The van der Waals surface area contributed by atoms with Gasteiger partial charge in [0.05, 0.1) is 17.7 Å². The molecule has 1 amide bonds. The largest absolute Gasteiger partial charge is 0.416 e. The number of nitrogens with one attached hydrogen (secondary N) is 1. The minimum Gasteiger partial charge on any atom is -0.364 e. The second kappa shape index (κ2) is 6.66. The number of ether oxygens (including phenoxy) is 1. The normalized spacial score (nSPS) is 23.3. The zero-order valence-electron chi connectivity index (χ0n) is 12.2. The number of carbonyl (C=O) groups excluding carboxylic acids is 1. The zero-order valence-corrected chi connectivity index (χ0v) is 12.2. The number of nitrogens with two attached hydrogens (primary N) is 1. The maximum Gasteiger partial charge on any atom is 0.416 e. The van der Waals surface area contributed by atoms with Gasteiger partial charge in [0.25, 0.3) is 0 Å². The van der Waals surface area contributed by atoms with E-state index in [-0.39, 0.29) is 12.0 Å². The van der Waals surface area contributed by atoms with Crippen LogP contribution in [0.25, 0.3) is 0 Å². The highest BCUT2D eigenvalue weighted by Crippen LogP contribution is 2.30. The molecule has 0 radical (unpaired) electrons. The monoisotopic (exact) mass is 316 g/mol. The third-order valence-corrected chi connectivity index (χ3v) is 3.76. The Morgan fingerprint density at radius 2 is 2.00 bits per heavy atom. The van der Waals surface area contributed by atoms with Gasteiger partial charge in [-0.2, -0.15) is 13.2 Å². The lowest BCUT2D eigenvalue weighted by Gasteiger charge is -2.18. The van der Waals surface area contributed by atoms with Crippen molar-refractivity contribution in [1.82, 2.24) is 5.32 Å². The summed E-state index contributed by atoms with van der Waals surface area (Å²) in [6, 6.07) is 4.36. The molecule has 1 aromatic carbocycles. The average molecular weight is 316 g/mol. The van der Waals surface area contributed by atoms with E-state index >= 15 is 0 Å². The minimum absolute atomic E-state index is 0.0999. The standard InChI is InChI=1S/C15H19F3N2O2/c1-9(10-2-4-11(5-3-10)15(16,17)18)20-14(21)13-7-6-12(8-19)22-13/h2-5,9,12-13H,6-8,19H2,1H3,(H,20,21)/t9?,12-,13+/m1/s1. The van der Waals surface area contributed by atoms with Crippen LogP contribution in [0.3, 0.4) is 0 Å². The van der Waals surface area contributed by atoms with Crippen LogP contribution in [0, 0.1) is 0 Å². The Labute approximate surface area is 126 Å². The molecule has 3 N–H and O–H groups in total. The molecule has 0 saturated carbocycles. The van der Waals surface area contributed by atoms with Crippen LogP contribution in [0.1, 0.15) is 36.9 Å². The number of amides is 1. The van der Waals surface area contributed by atoms with Crippen LogP contribution >= 0.6 is 0 Å². The molecular weight excluding hydrogens is 297 g/mol. The van der Waals surface area contributed by atoms with Gasteiger partial charge in [-0.15, -0.1) is 0 Å².